The molecular weight excluding hydrogens is 360 g/mol. The summed E-state index contributed by atoms with van der Waals surface area (Å²) in [7, 11) is 0. The molecule has 1 fully saturated rings. The molecule has 0 bridgehead atoms. The van der Waals surface area contributed by atoms with Crippen molar-refractivity contribution in [2.24, 2.45) is 5.92 Å². The molecule has 2 aromatic carbocycles. The number of carbonyl (C=O) groups is 2. The van der Waals surface area contributed by atoms with E-state index in [0.717, 1.165) is 17.8 Å². The summed E-state index contributed by atoms with van der Waals surface area (Å²) < 4.78 is 0. The first-order valence-electron chi connectivity index (χ1n) is 9.27. The lowest BCUT2D eigenvalue weighted by Crippen LogP contribution is -2.43. The molecule has 2 aliphatic rings. The molecule has 4 rings (SSSR count). The highest BCUT2D eigenvalue weighted by atomic mass is 32.2. The van der Waals surface area contributed by atoms with Gasteiger partial charge in [-0.3, -0.25) is 9.59 Å². The molecule has 0 aromatic heterocycles. The molecule has 6 heteroatoms. The van der Waals surface area contributed by atoms with Gasteiger partial charge in [-0.2, -0.15) is 0 Å². The van der Waals surface area contributed by atoms with E-state index in [1.165, 1.54) is 9.79 Å². The zero-order valence-corrected chi connectivity index (χ0v) is 15.8. The number of para-hydroxylation sites is 2. The Morgan fingerprint density at radius 1 is 1.04 bits per heavy atom. The Morgan fingerprint density at radius 3 is 2.30 bits per heavy atom. The Labute approximate surface area is 163 Å². The van der Waals surface area contributed by atoms with Crippen molar-refractivity contribution in [1.82, 2.24) is 4.90 Å². The van der Waals surface area contributed by atoms with Crippen LogP contribution in [0.15, 0.2) is 58.3 Å². The van der Waals surface area contributed by atoms with E-state index >= 15 is 0 Å². The highest BCUT2D eigenvalue weighted by Gasteiger charge is 2.29. The zero-order valence-electron chi connectivity index (χ0n) is 15.0. The number of fused-ring (bicyclic) bond motifs is 2. The summed E-state index contributed by atoms with van der Waals surface area (Å²) in [5, 5.41) is 9.24. The summed E-state index contributed by atoms with van der Waals surface area (Å²) in [6.45, 7) is 1.57. The number of hydrogen-bond acceptors (Lipinski definition) is 4. The van der Waals surface area contributed by atoms with Crippen molar-refractivity contribution in [3.05, 3.63) is 48.5 Å². The quantitative estimate of drug-likeness (QED) is 0.866. The van der Waals surface area contributed by atoms with Crippen LogP contribution in [-0.2, 0) is 9.59 Å². The second-order valence-electron chi connectivity index (χ2n) is 6.96. The predicted molar refractivity (Wildman–Crippen MR) is 106 cm³/mol. The topological polar surface area (TPSA) is 60.9 Å². The molecule has 1 amide bonds. The van der Waals surface area contributed by atoms with Gasteiger partial charge in [-0.1, -0.05) is 36.0 Å². The lowest BCUT2D eigenvalue weighted by Gasteiger charge is -2.34. The third kappa shape index (κ3) is 3.67. The molecule has 0 radical (unpaired) electrons. The maximum atomic E-state index is 12.7. The number of benzene rings is 2. The molecule has 0 spiro atoms. The molecule has 0 aliphatic carbocycles. The van der Waals surface area contributed by atoms with Gasteiger partial charge in [0.25, 0.3) is 0 Å². The van der Waals surface area contributed by atoms with Gasteiger partial charge in [0.15, 0.2) is 0 Å². The van der Waals surface area contributed by atoms with Crippen molar-refractivity contribution in [2.75, 3.05) is 24.5 Å². The largest absolute Gasteiger partial charge is 0.481 e. The van der Waals surface area contributed by atoms with Crippen LogP contribution in [0.4, 0.5) is 11.4 Å². The van der Waals surface area contributed by atoms with Crippen LogP contribution in [-0.4, -0.2) is 41.5 Å². The average Bonchev–Trinajstić information content (AvgIpc) is 2.71. The molecular formula is C21H22N2O3S. The zero-order chi connectivity index (χ0) is 18.8. The molecule has 27 heavy (non-hydrogen) atoms. The Morgan fingerprint density at radius 2 is 1.67 bits per heavy atom. The molecule has 1 atom stereocenters. The number of likely N-dealkylation sites (tertiary alicyclic amines) is 1. The van der Waals surface area contributed by atoms with Crippen LogP contribution in [0.1, 0.15) is 19.3 Å². The first-order valence-corrected chi connectivity index (χ1v) is 10.1. The molecule has 1 saturated heterocycles. The van der Waals surface area contributed by atoms with Crippen LogP contribution < -0.4 is 4.90 Å². The highest BCUT2D eigenvalue weighted by molar-refractivity contribution is 7.99. The van der Waals surface area contributed by atoms with Gasteiger partial charge in [-0.15, -0.1) is 0 Å². The maximum absolute atomic E-state index is 12.7. The van der Waals surface area contributed by atoms with Gasteiger partial charge in [0.2, 0.25) is 5.91 Å². The molecule has 2 aromatic rings. The minimum absolute atomic E-state index is 0.0362. The molecule has 1 N–H and O–H groups in total. The van der Waals surface area contributed by atoms with Crippen molar-refractivity contribution in [2.45, 2.75) is 29.1 Å². The average molecular weight is 382 g/mol. The van der Waals surface area contributed by atoms with Gasteiger partial charge in [0.05, 0.1) is 17.3 Å². The minimum atomic E-state index is -0.802. The third-order valence-electron chi connectivity index (χ3n) is 5.20. The number of anilines is 2. The van der Waals surface area contributed by atoms with Gasteiger partial charge < -0.3 is 14.9 Å². The molecule has 5 nitrogen and oxygen atoms in total. The molecule has 1 unspecified atom stereocenters. The number of carboxylic acid groups (broad SMARTS) is 1. The number of rotatable bonds is 4. The fraction of sp³-hybridized carbons (Fsp3) is 0.333. The first-order chi connectivity index (χ1) is 13.1. The number of carbonyl (C=O) groups excluding carboxylic acids is 1. The van der Waals surface area contributed by atoms with Crippen LogP contribution in [0.5, 0.6) is 0 Å². The summed E-state index contributed by atoms with van der Waals surface area (Å²) in [5.74, 6) is -1.20. The van der Waals surface area contributed by atoms with Gasteiger partial charge in [-0.25, -0.2) is 0 Å². The third-order valence-corrected chi connectivity index (χ3v) is 6.33. The standard InChI is InChI=1S/C21H22N2O3S/c24-20(22-12-5-6-15(14-22)21(25)26)11-13-23-16-7-1-3-9-18(16)27-19-10-4-2-8-17(19)23/h1-4,7-10,15H,5-6,11-14H2,(H,25,26). The number of nitrogens with zero attached hydrogens (tertiary/aromatic N) is 2. The van der Waals surface area contributed by atoms with E-state index in [4.69, 9.17) is 0 Å². The Balaban J connectivity index is 1.50. The lowest BCUT2D eigenvalue weighted by atomic mass is 9.98. The van der Waals surface area contributed by atoms with Crippen molar-refractivity contribution in [3.63, 3.8) is 0 Å². The Bertz CT molecular complexity index is 825. The Hall–Kier alpha value is -2.47. The van der Waals surface area contributed by atoms with Crippen molar-refractivity contribution < 1.29 is 14.7 Å². The predicted octanol–water partition coefficient (Wildman–Crippen LogP) is 4.00. The van der Waals surface area contributed by atoms with Crippen LogP contribution >= 0.6 is 11.8 Å². The van der Waals surface area contributed by atoms with Crippen molar-refractivity contribution >= 4 is 35.0 Å². The smallest absolute Gasteiger partial charge is 0.308 e. The van der Waals surface area contributed by atoms with E-state index in [1.807, 2.05) is 24.3 Å². The van der Waals surface area contributed by atoms with E-state index in [-0.39, 0.29) is 5.91 Å². The molecule has 0 saturated carbocycles. The normalized spacial score (nSPS) is 18.6. The van der Waals surface area contributed by atoms with Gasteiger partial charge in [-0.05, 0) is 37.1 Å². The summed E-state index contributed by atoms with van der Waals surface area (Å²) in [5.41, 5.74) is 2.24. The van der Waals surface area contributed by atoms with Crippen LogP contribution in [0.2, 0.25) is 0 Å². The van der Waals surface area contributed by atoms with E-state index in [2.05, 4.69) is 29.2 Å². The summed E-state index contributed by atoms with van der Waals surface area (Å²) in [6, 6.07) is 16.5. The first kappa shape index (κ1) is 17.9. The highest BCUT2D eigenvalue weighted by Crippen LogP contribution is 2.47. The molecule has 140 valence electrons. The molecule has 2 aliphatic heterocycles. The number of carboxylic acids is 1. The number of piperidine rings is 1. The SMILES string of the molecule is O=C(O)C1CCCN(C(=O)CCN2c3ccccc3Sc3ccccc32)C1. The Kier molecular flexibility index (Phi) is 5.07. The van der Waals surface area contributed by atoms with E-state index in [1.54, 1.807) is 16.7 Å². The van der Waals surface area contributed by atoms with Gasteiger partial charge >= 0.3 is 5.97 Å². The fourth-order valence-electron chi connectivity index (χ4n) is 3.79. The lowest BCUT2D eigenvalue weighted by molar-refractivity contribution is -0.145. The summed E-state index contributed by atoms with van der Waals surface area (Å²) in [6.07, 6.45) is 1.79. The van der Waals surface area contributed by atoms with Crippen LogP contribution in [0.3, 0.4) is 0 Å². The van der Waals surface area contributed by atoms with E-state index < -0.39 is 11.9 Å². The number of hydrogen-bond donors (Lipinski definition) is 1. The van der Waals surface area contributed by atoms with E-state index in [0.29, 0.717) is 32.5 Å². The van der Waals surface area contributed by atoms with Gasteiger partial charge in [0.1, 0.15) is 0 Å². The monoisotopic (exact) mass is 382 g/mol. The fourth-order valence-corrected chi connectivity index (χ4v) is 4.89. The van der Waals surface area contributed by atoms with Crippen molar-refractivity contribution in [3.8, 4) is 0 Å². The van der Waals surface area contributed by atoms with Gasteiger partial charge in [0, 0.05) is 35.8 Å². The maximum Gasteiger partial charge on any atom is 0.308 e. The molecule has 2 heterocycles. The second-order valence-corrected chi connectivity index (χ2v) is 8.04. The summed E-state index contributed by atoms with van der Waals surface area (Å²) >= 11 is 1.75. The minimum Gasteiger partial charge on any atom is -0.481 e. The number of aliphatic carboxylic acids is 1. The number of amides is 1. The van der Waals surface area contributed by atoms with E-state index in [9.17, 15) is 14.7 Å². The van der Waals surface area contributed by atoms with Crippen LogP contribution in [0.25, 0.3) is 0 Å². The second kappa shape index (κ2) is 7.64. The van der Waals surface area contributed by atoms with Crippen molar-refractivity contribution in [1.29, 1.82) is 0 Å². The van der Waals surface area contributed by atoms with Crippen LogP contribution in [0, 0.1) is 5.92 Å². The summed E-state index contributed by atoms with van der Waals surface area (Å²) in [4.78, 5) is 30.3.